The summed E-state index contributed by atoms with van der Waals surface area (Å²) in [7, 11) is 4.14. The first-order valence-corrected chi connectivity index (χ1v) is 9.72. The molecule has 0 aliphatic carbocycles. The summed E-state index contributed by atoms with van der Waals surface area (Å²) >= 11 is 0. The van der Waals surface area contributed by atoms with Crippen molar-refractivity contribution in [3.63, 3.8) is 0 Å². The Hall–Kier alpha value is -1.42. The number of fused-ring (bicyclic) bond motifs is 3. The average Bonchev–Trinajstić information content (AvgIpc) is 3.05. The van der Waals surface area contributed by atoms with Crippen molar-refractivity contribution in [2.24, 2.45) is 4.99 Å². The van der Waals surface area contributed by atoms with Crippen LogP contribution < -0.4 is 10.6 Å². The van der Waals surface area contributed by atoms with E-state index in [0.29, 0.717) is 6.04 Å². The maximum absolute atomic E-state index is 4.41. The molecule has 2 aliphatic heterocycles. The lowest BCUT2D eigenvalue weighted by Gasteiger charge is -2.47. The predicted octanol–water partition coefficient (Wildman–Crippen LogP) is 2.07. The molecule has 2 N–H and O–H groups in total. The molecule has 2 aromatic heterocycles. The maximum Gasteiger partial charge on any atom is 0.191 e. The fourth-order valence-electron chi connectivity index (χ4n) is 4.48. The Morgan fingerprint density at radius 1 is 1.22 bits per heavy atom. The van der Waals surface area contributed by atoms with Gasteiger partial charge in [0.25, 0.3) is 0 Å². The van der Waals surface area contributed by atoms with Gasteiger partial charge in [0.15, 0.2) is 11.6 Å². The van der Waals surface area contributed by atoms with E-state index in [1.807, 2.05) is 35.8 Å². The van der Waals surface area contributed by atoms with Crippen molar-refractivity contribution >= 4 is 35.6 Å². The van der Waals surface area contributed by atoms with Crippen molar-refractivity contribution in [2.45, 2.75) is 56.7 Å². The first-order valence-electron chi connectivity index (χ1n) is 9.72. The van der Waals surface area contributed by atoms with E-state index in [1.165, 1.54) is 32.1 Å². The highest BCUT2D eigenvalue weighted by Crippen LogP contribution is 2.32. The lowest BCUT2D eigenvalue weighted by atomic mass is 9.82. The minimum Gasteiger partial charge on any atom is -0.356 e. The topological polar surface area (TPSA) is 69.8 Å². The Morgan fingerprint density at radius 2 is 2.00 bits per heavy atom. The van der Waals surface area contributed by atoms with Gasteiger partial charge in [-0.05, 0) is 44.9 Å². The van der Waals surface area contributed by atoms with Gasteiger partial charge in [-0.3, -0.25) is 9.39 Å². The molecule has 7 nitrogen and oxygen atoms in total. The second kappa shape index (κ2) is 9.18. The highest BCUT2D eigenvalue weighted by molar-refractivity contribution is 14.0. The van der Waals surface area contributed by atoms with Gasteiger partial charge in [-0.1, -0.05) is 12.5 Å². The van der Waals surface area contributed by atoms with Crippen LogP contribution >= 0.6 is 24.0 Å². The van der Waals surface area contributed by atoms with Crippen LogP contribution in [0, 0.1) is 0 Å². The van der Waals surface area contributed by atoms with Crippen molar-refractivity contribution in [1.82, 2.24) is 30.1 Å². The molecule has 2 atom stereocenters. The standard InChI is InChI=1S/C19H29N7.HI/c1-20-19(22-14-12-15-6-5-7-16(13-14)25(15)2)21-10-9-18-24-23-17-8-3-4-11-26(17)18;/h3-4,8,11,14-16H,5-7,9-10,12-13H2,1-2H3,(H2,20,21,22);1H. The van der Waals surface area contributed by atoms with Gasteiger partial charge < -0.3 is 15.5 Å². The molecule has 4 heterocycles. The second-order valence-electron chi connectivity index (χ2n) is 7.51. The van der Waals surface area contributed by atoms with Crippen molar-refractivity contribution in [1.29, 1.82) is 0 Å². The molecule has 2 bridgehead atoms. The molecular weight excluding hydrogens is 453 g/mol. The zero-order valence-corrected chi connectivity index (χ0v) is 18.5. The Balaban J connectivity index is 0.00000210. The van der Waals surface area contributed by atoms with E-state index in [1.54, 1.807) is 0 Å². The van der Waals surface area contributed by atoms with Gasteiger partial charge in [-0.15, -0.1) is 34.2 Å². The molecular formula is C19H30IN7. The van der Waals surface area contributed by atoms with Gasteiger partial charge in [-0.25, -0.2) is 0 Å². The molecule has 2 unspecified atom stereocenters. The first kappa shape index (κ1) is 20.3. The lowest BCUT2D eigenvalue weighted by molar-refractivity contribution is 0.0526. The monoisotopic (exact) mass is 483 g/mol. The van der Waals surface area contributed by atoms with Crippen LogP contribution in [0.2, 0.25) is 0 Å². The first-order chi connectivity index (χ1) is 12.7. The fourth-order valence-corrected chi connectivity index (χ4v) is 4.48. The molecule has 0 spiro atoms. The van der Waals surface area contributed by atoms with Crippen LogP contribution in [0.3, 0.4) is 0 Å². The van der Waals surface area contributed by atoms with Crippen LogP contribution in [0.4, 0.5) is 0 Å². The number of aromatic nitrogens is 3. The summed E-state index contributed by atoms with van der Waals surface area (Å²) in [6.45, 7) is 0.787. The van der Waals surface area contributed by atoms with Gasteiger partial charge in [0.1, 0.15) is 5.82 Å². The van der Waals surface area contributed by atoms with Gasteiger partial charge in [0.05, 0.1) is 0 Å². The number of rotatable bonds is 4. The molecule has 0 radical (unpaired) electrons. The Morgan fingerprint density at radius 3 is 2.74 bits per heavy atom. The van der Waals surface area contributed by atoms with Crippen molar-refractivity contribution in [3.05, 3.63) is 30.2 Å². The number of hydrogen-bond donors (Lipinski definition) is 2. The third-order valence-electron chi connectivity index (χ3n) is 5.93. The molecule has 2 aromatic rings. The molecule has 0 saturated carbocycles. The zero-order chi connectivity index (χ0) is 17.9. The summed E-state index contributed by atoms with van der Waals surface area (Å²) in [5.41, 5.74) is 0.892. The molecule has 0 aromatic carbocycles. The maximum atomic E-state index is 4.41. The van der Waals surface area contributed by atoms with E-state index in [2.05, 4.69) is 37.8 Å². The van der Waals surface area contributed by atoms with E-state index in [9.17, 15) is 0 Å². The van der Waals surface area contributed by atoms with E-state index in [4.69, 9.17) is 0 Å². The van der Waals surface area contributed by atoms with Crippen LogP contribution in [-0.2, 0) is 6.42 Å². The molecule has 2 fully saturated rings. The van der Waals surface area contributed by atoms with Crippen LogP contribution in [0.1, 0.15) is 37.9 Å². The van der Waals surface area contributed by atoms with E-state index in [-0.39, 0.29) is 24.0 Å². The number of aliphatic imine (C=N–C) groups is 1. The molecule has 0 amide bonds. The van der Waals surface area contributed by atoms with Crippen LogP contribution in [0.5, 0.6) is 0 Å². The van der Waals surface area contributed by atoms with E-state index >= 15 is 0 Å². The zero-order valence-electron chi connectivity index (χ0n) is 16.1. The Bertz CT molecular complexity index is 760. The number of guanidine groups is 1. The molecule has 148 valence electrons. The normalized spacial score (nSPS) is 25.9. The largest absolute Gasteiger partial charge is 0.356 e. The van der Waals surface area contributed by atoms with E-state index < -0.39 is 0 Å². The third kappa shape index (κ3) is 4.53. The summed E-state index contributed by atoms with van der Waals surface area (Å²) in [4.78, 5) is 7.01. The van der Waals surface area contributed by atoms with Crippen LogP contribution in [0.25, 0.3) is 5.65 Å². The smallest absolute Gasteiger partial charge is 0.191 e. The fraction of sp³-hybridized carbons (Fsp3) is 0.632. The van der Waals surface area contributed by atoms with Crippen LogP contribution in [0.15, 0.2) is 29.4 Å². The number of nitrogens with zero attached hydrogens (tertiary/aromatic N) is 5. The van der Waals surface area contributed by atoms with Crippen molar-refractivity contribution in [3.8, 4) is 0 Å². The molecule has 2 aliphatic rings. The molecule has 27 heavy (non-hydrogen) atoms. The summed E-state index contributed by atoms with van der Waals surface area (Å²) in [6, 6.07) is 7.92. The van der Waals surface area contributed by atoms with Gasteiger partial charge in [0.2, 0.25) is 0 Å². The number of hydrogen-bond acceptors (Lipinski definition) is 4. The molecule has 8 heteroatoms. The average molecular weight is 483 g/mol. The second-order valence-corrected chi connectivity index (χ2v) is 7.51. The van der Waals surface area contributed by atoms with Crippen molar-refractivity contribution in [2.75, 3.05) is 20.6 Å². The van der Waals surface area contributed by atoms with Gasteiger partial charge >= 0.3 is 0 Å². The summed E-state index contributed by atoms with van der Waals surface area (Å²) in [5.74, 6) is 1.86. The summed E-state index contributed by atoms with van der Waals surface area (Å²) in [5, 5.41) is 15.6. The number of piperidine rings is 2. The molecule has 4 rings (SSSR count). The quantitative estimate of drug-likeness (QED) is 0.396. The van der Waals surface area contributed by atoms with Gasteiger partial charge in [0, 0.05) is 44.3 Å². The summed E-state index contributed by atoms with van der Waals surface area (Å²) < 4.78 is 2.04. The Kier molecular flexibility index (Phi) is 6.91. The lowest BCUT2D eigenvalue weighted by Crippen LogP contribution is -2.56. The minimum atomic E-state index is 0. The number of nitrogens with one attached hydrogen (secondary N) is 2. The molecule has 2 saturated heterocycles. The highest BCUT2D eigenvalue weighted by Gasteiger charge is 2.36. The Labute approximate surface area is 178 Å². The summed E-state index contributed by atoms with van der Waals surface area (Å²) in [6.07, 6.45) is 9.28. The number of halogens is 1. The van der Waals surface area contributed by atoms with Crippen molar-refractivity contribution < 1.29 is 0 Å². The van der Waals surface area contributed by atoms with Gasteiger partial charge in [-0.2, -0.15) is 0 Å². The van der Waals surface area contributed by atoms with E-state index in [0.717, 1.165) is 42.5 Å². The third-order valence-corrected chi connectivity index (χ3v) is 5.93. The minimum absolute atomic E-state index is 0. The predicted molar refractivity (Wildman–Crippen MR) is 119 cm³/mol. The highest BCUT2D eigenvalue weighted by atomic mass is 127. The number of pyridine rings is 1. The SMILES string of the molecule is CN=C(NCCc1nnc2ccccn12)NC1CC2CCCC(C1)N2C.I. The van der Waals surface area contributed by atoms with Crippen LogP contribution in [-0.4, -0.2) is 64.2 Å².